The van der Waals surface area contributed by atoms with Crippen molar-refractivity contribution in [2.24, 2.45) is 0 Å². The van der Waals surface area contributed by atoms with Gasteiger partial charge >= 0.3 is 5.97 Å². The number of rotatable bonds is 2. The Labute approximate surface area is 104 Å². The van der Waals surface area contributed by atoms with E-state index in [4.69, 9.17) is 9.52 Å². The Morgan fingerprint density at radius 3 is 2.83 bits per heavy atom. The van der Waals surface area contributed by atoms with Crippen LogP contribution >= 0.6 is 0 Å². The van der Waals surface area contributed by atoms with Gasteiger partial charge in [-0.2, -0.15) is 0 Å². The quantitative estimate of drug-likeness (QED) is 0.881. The molecule has 1 aliphatic carbocycles. The number of aromatic carboxylic acids is 1. The first-order valence-corrected chi connectivity index (χ1v) is 6.23. The Bertz CT molecular complexity index is 585. The maximum Gasteiger partial charge on any atom is 0.374 e. The SMILES string of the molecule is O=C(O)c1oc(C2CCCCC2)c2cncnc12. The van der Waals surface area contributed by atoms with Crippen molar-refractivity contribution >= 4 is 16.9 Å². The van der Waals surface area contributed by atoms with E-state index in [0.717, 1.165) is 24.0 Å². The number of aromatic nitrogens is 2. The van der Waals surface area contributed by atoms with Crippen LogP contribution in [-0.2, 0) is 0 Å². The molecule has 0 radical (unpaired) electrons. The molecule has 94 valence electrons. The summed E-state index contributed by atoms with van der Waals surface area (Å²) in [5, 5.41) is 9.89. The number of fused-ring (bicyclic) bond motifs is 1. The first kappa shape index (κ1) is 11.2. The first-order valence-electron chi connectivity index (χ1n) is 6.23. The monoisotopic (exact) mass is 246 g/mol. The van der Waals surface area contributed by atoms with Crippen molar-refractivity contribution in [3.8, 4) is 0 Å². The van der Waals surface area contributed by atoms with Crippen molar-refractivity contribution in [2.75, 3.05) is 0 Å². The van der Waals surface area contributed by atoms with Crippen molar-refractivity contribution in [3.05, 3.63) is 24.0 Å². The van der Waals surface area contributed by atoms with Gasteiger partial charge in [0.05, 0.1) is 5.39 Å². The standard InChI is InChI=1S/C13H14N2O3/c16-13(17)12-10-9(6-14-7-15-10)11(18-12)8-4-2-1-3-5-8/h6-8H,1-5H2,(H,16,17). The molecule has 0 atom stereocenters. The Kier molecular flexibility index (Phi) is 2.74. The predicted octanol–water partition coefficient (Wildman–Crippen LogP) is 2.97. The average Bonchev–Trinajstić information content (AvgIpc) is 2.79. The fraction of sp³-hybridized carbons (Fsp3) is 0.462. The van der Waals surface area contributed by atoms with E-state index in [1.54, 1.807) is 6.20 Å². The van der Waals surface area contributed by atoms with Gasteiger partial charge in [-0.25, -0.2) is 14.8 Å². The summed E-state index contributed by atoms with van der Waals surface area (Å²) in [5.74, 6) is -0.0724. The molecule has 5 nitrogen and oxygen atoms in total. The van der Waals surface area contributed by atoms with Crippen LogP contribution in [0, 0.1) is 0 Å². The third-order valence-corrected chi connectivity index (χ3v) is 3.58. The molecule has 1 N–H and O–H groups in total. The van der Waals surface area contributed by atoms with Crippen LogP contribution in [0.15, 0.2) is 16.9 Å². The molecule has 18 heavy (non-hydrogen) atoms. The molecule has 0 amide bonds. The van der Waals surface area contributed by atoms with Crippen molar-refractivity contribution in [3.63, 3.8) is 0 Å². The van der Waals surface area contributed by atoms with Crippen LogP contribution in [0.2, 0.25) is 0 Å². The van der Waals surface area contributed by atoms with E-state index >= 15 is 0 Å². The molecule has 1 aliphatic rings. The van der Waals surface area contributed by atoms with Crippen LogP contribution in [-0.4, -0.2) is 21.0 Å². The van der Waals surface area contributed by atoms with E-state index in [1.807, 2.05) is 0 Å². The minimum Gasteiger partial charge on any atom is -0.475 e. The van der Waals surface area contributed by atoms with Gasteiger partial charge in [-0.15, -0.1) is 0 Å². The highest BCUT2D eigenvalue weighted by molar-refractivity contribution is 6.00. The second-order valence-electron chi connectivity index (χ2n) is 4.72. The first-order chi connectivity index (χ1) is 8.77. The molecule has 2 heterocycles. The van der Waals surface area contributed by atoms with Crippen molar-refractivity contribution < 1.29 is 14.3 Å². The van der Waals surface area contributed by atoms with Gasteiger partial charge in [-0.05, 0) is 12.8 Å². The van der Waals surface area contributed by atoms with Gasteiger partial charge in [0.1, 0.15) is 17.6 Å². The maximum atomic E-state index is 11.2. The zero-order chi connectivity index (χ0) is 12.5. The summed E-state index contributed by atoms with van der Waals surface area (Å²) in [4.78, 5) is 19.2. The Morgan fingerprint density at radius 1 is 1.33 bits per heavy atom. The van der Waals surface area contributed by atoms with Crippen LogP contribution in [0.1, 0.15) is 54.3 Å². The molecule has 2 aromatic heterocycles. The minimum atomic E-state index is -1.07. The lowest BCUT2D eigenvalue weighted by Crippen LogP contribution is -2.03. The summed E-state index contributed by atoms with van der Waals surface area (Å²) >= 11 is 0. The van der Waals surface area contributed by atoms with E-state index in [0.29, 0.717) is 11.4 Å². The molecule has 0 saturated heterocycles. The molecular formula is C13H14N2O3. The number of nitrogens with zero attached hydrogens (tertiary/aromatic N) is 2. The van der Waals surface area contributed by atoms with E-state index < -0.39 is 5.97 Å². The van der Waals surface area contributed by atoms with Crippen LogP contribution in [0.3, 0.4) is 0 Å². The lowest BCUT2D eigenvalue weighted by molar-refractivity contribution is 0.0661. The Balaban J connectivity index is 2.13. The van der Waals surface area contributed by atoms with Crippen molar-refractivity contribution in [1.29, 1.82) is 0 Å². The van der Waals surface area contributed by atoms with Gasteiger partial charge < -0.3 is 9.52 Å². The van der Waals surface area contributed by atoms with Crippen LogP contribution in [0.4, 0.5) is 0 Å². The van der Waals surface area contributed by atoms with Gasteiger partial charge in [0.25, 0.3) is 0 Å². The minimum absolute atomic E-state index is 0.0621. The van der Waals surface area contributed by atoms with Crippen LogP contribution < -0.4 is 0 Å². The van der Waals surface area contributed by atoms with Gasteiger partial charge in [-0.3, -0.25) is 0 Å². The largest absolute Gasteiger partial charge is 0.475 e. The molecule has 0 unspecified atom stereocenters. The van der Waals surface area contributed by atoms with Crippen molar-refractivity contribution in [2.45, 2.75) is 38.0 Å². The second kappa shape index (κ2) is 4.40. The molecular weight excluding hydrogens is 232 g/mol. The third kappa shape index (κ3) is 1.75. The third-order valence-electron chi connectivity index (χ3n) is 3.58. The predicted molar refractivity (Wildman–Crippen MR) is 64.6 cm³/mol. The highest BCUT2D eigenvalue weighted by atomic mass is 16.4. The lowest BCUT2D eigenvalue weighted by Gasteiger charge is -2.19. The number of hydrogen-bond donors (Lipinski definition) is 1. The fourth-order valence-corrected chi connectivity index (χ4v) is 2.72. The summed E-state index contributed by atoms with van der Waals surface area (Å²) < 4.78 is 5.56. The number of carboxylic acids is 1. The summed E-state index contributed by atoms with van der Waals surface area (Å²) in [7, 11) is 0. The molecule has 0 aliphatic heterocycles. The Hall–Kier alpha value is -1.91. The van der Waals surface area contributed by atoms with Crippen LogP contribution in [0.5, 0.6) is 0 Å². The molecule has 0 bridgehead atoms. The summed E-state index contributed by atoms with van der Waals surface area (Å²) in [6, 6.07) is 0. The van der Waals surface area contributed by atoms with E-state index in [2.05, 4.69) is 9.97 Å². The zero-order valence-corrected chi connectivity index (χ0v) is 9.93. The number of furan rings is 1. The number of carbonyl (C=O) groups is 1. The topological polar surface area (TPSA) is 76.2 Å². The van der Waals surface area contributed by atoms with Gasteiger partial charge in [0.15, 0.2) is 0 Å². The Morgan fingerprint density at radius 2 is 2.11 bits per heavy atom. The number of hydrogen-bond acceptors (Lipinski definition) is 4. The molecule has 0 aromatic carbocycles. The molecule has 0 spiro atoms. The number of carboxylic acid groups (broad SMARTS) is 1. The summed E-state index contributed by atoms with van der Waals surface area (Å²) in [6.07, 6.45) is 8.70. The highest BCUT2D eigenvalue weighted by Crippen LogP contribution is 2.38. The summed E-state index contributed by atoms with van der Waals surface area (Å²) in [6.45, 7) is 0. The fourth-order valence-electron chi connectivity index (χ4n) is 2.72. The molecule has 2 aromatic rings. The lowest BCUT2D eigenvalue weighted by atomic mass is 9.87. The zero-order valence-electron chi connectivity index (χ0n) is 9.93. The van der Waals surface area contributed by atoms with Gasteiger partial charge in [0.2, 0.25) is 5.76 Å². The highest BCUT2D eigenvalue weighted by Gasteiger charge is 2.26. The molecule has 1 saturated carbocycles. The molecule has 5 heteroatoms. The maximum absolute atomic E-state index is 11.2. The van der Waals surface area contributed by atoms with Gasteiger partial charge in [0, 0.05) is 12.1 Å². The second-order valence-corrected chi connectivity index (χ2v) is 4.72. The average molecular weight is 246 g/mol. The van der Waals surface area contributed by atoms with Gasteiger partial charge in [-0.1, -0.05) is 19.3 Å². The van der Waals surface area contributed by atoms with Crippen molar-refractivity contribution in [1.82, 2.24) is 9.97 Å². The normalized spacial score (nSPS) is 17.1. The molecule has 1 fully saturated rings. The van der Waals surface area contributed by atoms with E-state index in [1.165, 1.54) is 25.6 Å². The van der Waals surface area contributed by atoms with Crippen LogP contribution in [0.25, 0.3) is 10.9 Å². The van der Waals surface area contributed by atoms with E-state index in [-0.39, 0.29) is 5.76 Å². The summed E-state index contributed by atoms with van der Waals surface area (Å²) in [5.41, 5.74) is 0.415. The van der Waals surface area contributed by atoms with E-state index in [9.17, 15) is 4.79 Å². The molecule has 3 rings (SSSR count). The smallest absolute Gasteiger partial charge is 0.374 e.